The largest absolute Gasteiger partial charge is 0.488 e. The van der Waals surface area contributed by atoms with Crippen molar-refractivity contribution < 1.29 is 13.9 Å². The molecule has 0 aliphatic rings. The van der Waals surface area contributed by atoms with E-state index in [1.807, 2.05) is 62.4 Å². The first-order valence-corrected chi connectivity index (χ1v) is 10.3. The molecule has 1 N–H and O–H groups in total. The average molecular weight is 426 g/mol. The Bertz CT molecular complexity index is 1270. The fraction of sp³-hybridized carbons (Fsp3) is 0.111. The van der Waals surface area contributed by atoms with Gasteiger partial charge in [0.25, 0.3) is 5.91 Å². The van der Waals surface area contributed by atoms with Crippen LogP contribution in [0.1, 0.15) is 32.6 Å². The van der Waals surface area contributed by atoms with Crippen LogP contribution in [0.3, 0.4) is 0 Å². The van der Waals surface area contributed by atoms with Crippen molar-refractivity contribution in [3.8, 4) is 5.75 Å². The van der Waals surface area contributed by atoms with Gasteiger partial charge in [-0.25, -0.2) is 9.82 Å². The van der Waals surface area contributed by atoms with Gasteiger partial charge in [0.15, 0.2) is 0 Å². The van der Waals surface area contributed by atoms with Gasteiger partial charge in [0.1, 0.15) is 18.2 Å². The third-order valence-electron chi connectivity index (χ3n) is 5.17. The first kappa shape index (κ1) is 21.2. The van der Waals surface area contributed by atoms with Crippen LogP contribution in [0.15, 0.2) is 84.0 Å². The van der Waals surface area contributed by atoms with E-state index in [-0.39, 0.29) is 11.7 Å². The van der Waals surface area contributed by atoms with Crippen molar-refractivity contribution in [2.24, 2.45) is 5.10 Å². The second-order valence-corrected chi connectivity index (χ2v) is 7.66. The summed E-state index contributed by atoms with van der Waals surface area (Å²) in [6, 6.07) is 23.6. The molecule has 0 aliphatic heterocycles. The highest BCUT2D eigenvalue weighted by Crippen LogP contribution is 2.25. The number of amides is 1. The molecular weight excluding hydrogens is 403 g/mol. The molecule has 1 amide bonds. The van der Waals surface area contributed by atoms with Gasteiger partial charge in [-0.3, -0.25) is 4.79 Å². The number of carbonyl (C=O) groups is 1. The van der Waals surface area contributed by atoms with Crippen LogP contribution in [0.4, 0.5) is 4.39 Å². The lowest BCUT2D eigenvalue weighted by molar-refractivity contribution is 0.0955. The van der Waals surface area contributed by atoms with Crippen molar-refractivity contribution in [1.29, 1.82) is 0 Å². The number of hydrogen-bond acceptors (Lipinski definition) is 3. The third kappa shape index (κ3) is 5.01. The number of fused-ring (bicyclic) bond motifs is 1. The van der Waals surface area contributed by atoms with Crippen molar-refractivity contribution in [1.82, 2.24) is 5.43 Å². The Morgan fingerprint density at radius 2 is 1.62 bits per heavy atom. The molecule has 4 aromatic rings. The van der Waals surface area contributed by atoms with Gasteiger partial charge in [-0.15, -0.1) is 0 Å². The van der Waals surface area contributed by atoms with Crippen molar-refractivity contribution >= 4 is 22.9 Å². The molecule has 4 nitrogen and oxygen atoms in total. The van der Waals surface area contributed by atoms with Crippen LogP contribution in [0, 0.1) is 19.7 Å². The van der Waals surface area contributed by atoms with Crippen LogP contribution < -0.4 is 10.2 Å². The molecule has 0 heterocycles. The number of nitrogens with zero attached hydrogens (tertiary/aromatic N) is 1. The number of rotatable bonds is 6. The molecule has 0 saturated heterocycles. The molecule has 0 atom stereocenters. The summed E-state index contributed by atoms with van der Waals surface area (Å²) in [4.78, 5) is 12.4. The topological polar surface area (TPSA) is 50.7 Å². The number of nitrogens with one attached hydrogen (secondary N) is 1. The summed E-state index contributed by atoms with van der Waals surface area (Å²) in [6.45, 7) is 4.27. The maximum atomic E-state index is 13.1. The smallest absolute Gasteiger partial charge is 0.271 e. The Labute approximate surface area is 186 Å². The molecule has 0 aromatic heterocycles. The molecule has 160 valence electrons. The van der Waals surface area contributed by atoms with E-state index in [0.717, 1.165) is 38.8 Å². The molecule has 4 rings (SSSR count). The number of hydrazone groups is 1. The molecule has 0 bridgehead atoms. The van der Waals surface area contributed by atoms with Crippen molar-refractivity contribution in [3.05, 3.63) is 112 Å². The van der Waals surface area contributed by atoms with Gasteiger partial charge in [-0.2, -0.15) is 5.10 Å². The Balaban J connectivity index is 1.41. The Hall–Kier alpha value is -3.99. The Morgan fingerprint density at radius 1 is 0.938 bits per heavy atom. The predicted molar refractivity (Wildman–Crippen MR) is 126 cm³/mol. The maximum Gasteiger partial charge on any atom is 0.271 e. The minimum absolute atomic E-state index is 0.264. The van der Waals surface area contributed by atoms with Gasteiger partial charge in [0, 0.05) is 5.56 Å². The van der Waals surface area contributed by atoms with Crippen molar-refractivity contribution in [2.45, 2.75) is 20.5 Å². The van der Waals surface area contributed by atoms with E-state index < -0.39 is 0 Å². The number of carbonyl (C=O) groups excluding carboxylic acids is 1. The van der Waals surface area contributed by atoms with E-state index in [1.165, 1.54) is 12.1 Å². The standard InChI is InChI=1S/C27H23FN2O2/c1-18-13-21(14-19(2)26(18)32-17-20-7-11-25(28)12-8-20)16-29-30-27(31)24-10-9-22-5-3-4-6-23(22)15-24/h3-16H,17H2,1-2H3,(H,30,31)/b29-16-. The zero-order valence-corrected chi connectivity index (χ0v) is 17.9. The van der Waals surface area contributed by atoms with Gasteiger partial charge in [-0.05, 0) is 83.3 Å². The summed E-state index contributed by atoms with van der Waals surface area (Å²) in [6.07, 6.45) is 1.61. The van der Waals surface area contributed by atoms with Crippen molar-refractivity contribution in [2.75, 3.05) is 0 Å². The van der Waals surface area contributed by atoms with Gasteiger partial charge >= 0.3 is 0 Å². The normalized spacial score (nSPS) is 11.1. The number of halogens is 1. The van der Waals surface area contributed by atoms with Gasteiger partial charge in [0.05, 0.1) is 6.21 Å². The fourth-order valence-corrected chi connectivity index (χ4v) is 3.58. The summed E-state index contributed by atoms with van der Waals surface area (Å²) in [5.41, 5.74) is 6.80. The van der Waals surface area contributed by atoms with Crippen LogP contribution in [0.5, 0.6) is 5.75 Å². The summed E-state index contributed by atoms with van der Waals surface area (Å²) in [5, 5.41) is 6.20. The third-order valence-corrected chi connectivity index (χ3v) is 5.17. The molecule has 32 heavy (non-hydrogen) atoms. The van der Waals surface area contributed by atoms with Crippen LogP contribution in [-0.2, 0) is 6.61 Å². The monoisotopic (exact) mass is 426 g/mol. The number of aryl methyl sites for hydroxylation is 2. The van der Waals surface area contributed by atoms with Gasteiger partial charge < -0.3 is 4.74 Å². The summed E-state index contributed by atoms with van der Waals surface area (Å²) in [5.74, 6) is 0.254. The Kier molecular flexibility index (Phi) is 6.26. The molecular formula is C27H23FN2O2. The second-order valence-electron chi connectivity index (χ2n) is 7.66. The molecule has 0 spiro atoms. The summed E-state index contributed by atoms with van der Waals surface area (Å²) in [7, 11) is 0. The molecule has 5 heteroatoms. The molecule has 0 saturated carbocycles. The van der Waals surface area contributed by atoms with E-state index in [0.29, 0.717) is 12.2 Å². The minimum Gasteiger partial charge on any atom is -0.488 e. The number of benzene rings is 4. The van der Waals surface area contributed by atoms with E-state index in [1.54, 1.807) is 24.4 Å². The van der Waals surface area contributed by atoms with E-state index in [9.17, 15) is 9.18 Å². The fourth-order valence-electron chi connectivity index (χ4n) is 3.58. The molecule has 0 aliphatic carbocycles. The molecule has 0 fully saturated rings. The lowest BCUT2D eigenvalue weighted by atomic mass is 10.1. The molecule has 0 radical (unpaired) electrons. The second kappa shape index (κ2) is 9.43. The van der Waals surface area contributed by atoms with Crippen molar-refractivity contribution in [3.63, 3.8) is 0 Å². The SMILES string of the molecule is Cc1cc(/C=N\NC(=O)c2ccc3ccccc3c2)cc(C)c1OCc1ccc(F)cc1. The van der Waals surface area contributed by atoms with E-state index >= 15 is 0 Å². The van der Waals surface area contributed by atoms with Crippen LogP contribution >= 0.6 is 0 Å². The zero-order chi connectivity index (χ0) is 22.5. The minimum atomic E-state index is -0.266. The van der Waals surface area contributed by atoms with Crippen LogP contribution in [0.25, 0.3) is 10.8 Å². The molecule has 4 aromatic carbocycles. The Morgan fingerprint density at radius 3 is 2.34 bits per heavy atom. The summed E-state index contributed by atoms with van der Waals surface area (Å²) >= 11 is 0. The quantitative estimate of drug-likeness (QED) is 0.306. The van der Waals surface area contributed by atoms with E-state index in [2.05, 4.69) is 10.5 Å². The molecule has 0 unspecified atom stereocenters. The highest BCUT2D eigenvalue weighted by Gasteiger charge is 2.08. The predicted octanol–water partition coefficient (Wildman–Crippen LogP) is 5.94. The van der Waals surface area contributed by atoms with Gasteiger partial charge in [0.2, 0.25) is 0 Å². The first-order valence-electron chi connectivity index (χ1n) is 10.3. The zero-order valence-electron chi connectivity index (χ0n) is 17.9. The number of hydrogen-bond donors (Lipinski definition) is 1. The number of ether oxygens (including phenoxy) is 1. The lowest BCUT2D eigenvalue weighted by Crippen LogP contribution is -2.17. The van der Waals surface area contributed by atoms with Crippen LogP contribution in [0.2, 0.25) is 0 Å². The summed E-state index contributed by atoms with van der Waals surface area (Å²) < 4.78 is 19.0. The highest BCUT2D eigenvalue weighted by atomic mass is 19.1. The first-order chi connectivity index (χ1) is 15.5. The average Bonchev–Trinajstić information content (AvgIpc) is 2.79. The maximum absolute atomic E-state index is 13.1. The van der Waals surface area contributed by atoms with Crippen LogP contribution in [-0.4, -0.2) is 12.1 Å². The lowest BCUT2D eigenvalue weighted by Gasteiger charge is -2.13. The van der Waals surface area contributed by atoms with E-state index in [4.69, 9.17) is 4.74 Å². The van der Waals surface area contributed by atoms with Gasteiger partial charge in [-0.1, -0.05) is 42.5 Å². The highest BCUT2D eigenvalue weighted by molar-refractivity contribution is 5.99.